The van der Waals surface area contributed by atoms with Crippen LogP contribution in [0.25, 0.3) is 0 Å². The average molecular weight is 223 g/mol. The molecule has 0 radical (unpaired) electrons. The highest BCUT2D eigenvalue weighted by Gasteiger charge is 2.44. The minimum Gasteiger partial charge on any atom is -0.335 e. The number of rotatable bonds is 3. The summed E-state index contributed by atoms with van der Waals surface area (Å²) in [5.41, 5.74) is 2.24. The van der Waals surface area contributed by atoms with Crippen molar-refractivity contribution in [1.29, 1.82) is 0 Å². The van der Waals surface area contributed by atoms with Crippen molar-refractivity contribution < 1.29 is 14.3 Å². The van der Waals surface area contributed by atoms with Crippen molar-refractivity contribution in [2.75, 3.05) is 27.9 Å². The van der Waals surface area contributed by atoms with E-state index in [4.69, 9.17) is 14.3 Å². The predicted molar refractivity (Wildman–Crippen MR) is 59.6 cm³/mol. The molecule has 1 heterocycles. The topological polar surface area (TPSA) is 30.9 Å². The van der Waals surface area contributed by atoms with Crippen molar-refractivity contribution >= 4 is 0 Å². The lowest BCUT2D eigenvalue weighted by molar-refractivity contribution is -0.402. The molecular weight excluding hydrogens is 206 g/mol. The van der Waals surface area contributed by atoms with Crippen LogP contribution >= 0.6 is 0 Å². The summed E-state index contributed by atoms with van der Waals surface area (Å²) in [6, 6.07) is 8.10. The maximum atomic E-state index is 5.54. The number of methoxy groups -OCH3 is 2. The molecule has 4 heteroatoms. The van der Waals surface area contributed by atoms with Gasteiger partial charge in [-0.25, -0.2) is 0 Å². The molecule has 88 valence electrons. The predicted octanol–water partition coefficient (Wildman–Crippen LogP) is 1.51. The second kappa shape index (κ2) is 4.51. The first kappa shape index (κ1) is 11.5. The molecule has 16 heavy (non-hydrogen) atoms. The highest BCUT2D eigenvalue weighted by molar-refractivity contribution is 5.32. The number of hydrogen-bond donors (Lipinski definition) is 0. The van der Waals surface area contributed by atoms with Crippen molar-refractivity contribution in [1.82, 2.24) is 5.06 Å². The van der Waals surface area contributed by atoms with Crippen LogP contribution in [0.1, 0.15) is 11.1 Å². The molecule has 0 fully saturated rings. The van der Waals surface area contributed by atoms with Gasteiger partial charge in [0, 0.05) is 26.3 Å². The van der Waals surface area contributed by atoms with Gasteiger partial charge in [-0.2, -0.15) is 0 Å². The van der Waals surface area contributed by atoms with Gasteiger partial charge in [0.05, 0.1) is 7.11 Å². The van der Waals surface area contributed by atoms with E-state index in [1.807, 2.05) is 18.2 Å². The number of nitrogens with zero attached hydrogens (tertiary/aromatic N) is 1. The molecule has 0 N–H and O–H groups in total. The van der Waals surface area contributed by atoms with Gasteiger partial charge in [-0.1, -0.05) is 24.3 Å². The van der Waals surface area contributed by atoms with Crippen molar-refractivity contribution in [3.63, 3.8) is 0 Å². The van der Waals surface area contributed by atoms with E-state index in [0.717, 1.165) is 18.5 Å². The molecule has 0 atom stereocenters. The fourth-order valence-corrected chi connectivity index (χ4v) is 2.27. The zero-order chi connectivity index (χ0) is 11.6. The Bertz CT molecular complexity index is 363. The van der Waals surface area contributed by atoms with Crippen molar-refractivity contribution in [2.45, 2.75) is 12.3 Å². The van der Waals surface area contributed by atoms with Crippen LogP contribution in [0.2, 0.25) is 0 Å². The summed E-state index contributed by atoms with van der Waals surface area (Å²) in [7, 11) is 4.87. The fourth-order valence-electron chi connectivity index (χ4n) is 2.27. The number of fused-ring (bicyclic) bond motifs is 1. The second-order valence-corrected chi connectivity index (χ2v) is 3.68. The molecule has 0 aliphatic carbocycles. The standard InChI is InChI=1S/C12H17NO3/c1-14-12(15-2)11-7-5-4-6-10(11)8-9-13(12)16-3/h4-7H,8-9H2,1-3H3. The molecule has 0 unspecified atom stereocenters. The molecule has 2 rings (SSSR count). The highest BCUT2D eigenvalue weighted by atomic mass is 16.8. The Balaban J connectivity index is 2.52. The van der Waals surface area contributed by atoms with Gasteiger partial charge in [0.25, 0.3) is 5.91 Å². The van der Waals surface area contributed by atoms with Gasteiger partial charge in [0.15, 0.2) is 0 Å². The Hall–Kier alpha value is -0.940. The molecule has 1 aliphatic heterocycles. The zero-order valence-electron chi connectivity index (χ0n) is 9.90. The zero-order valence-corrected chi connectivity index (χ0v) is 9.90. The quantitative estimate of drug-likeness (QED) is 0.727. The lowest BCUT2D eigenvalue weighted by Gasteiger charge is -2.43. The van der Waals surface area contributed by atoms with Crippen molar-refractivity contribution in [3.8, 4) is 0 Å². The molecule has 1 aliphatic rings. The number of hydroxylamine groups is 2. The van der Waals surface area contributed by atoms with Crippen LogP contribution in [-0.4, -0.2) is 32.9 Å². The smallest absolute Gasteiger partial charge is 0.280 e. The van der Waals surface area contributed by atoms with Crippen LogP contribution < -0.4 is 0 Å². The van der Waals surface area contributed by atoms with Crippen LogP contribution in [0.4, 0.5) is 0 Å². The van der Waals surface area contributed by atoms with Gasteiger partial charge in [-0.05, 0) is 12.0 Å². The summed E-state index contributed by atoms with van der Waals surface area (Å²) in [6.45, 7) is 0.745. The summed E-state index contributed by atoms with van der Waals surface area (Å²) < 4.78 is 11.1. The van der Waals surface area contributed by atoms with Gasteiger partial charge < -0.3 is 9.47 Å². The summed E-state index contributed by atoms with van der Waals surface area (Å²) in [5.74, 6) is -0.927. The van der Waals surface area contributed by atoms with Crippen LogP contribution in [0.15, 0.2) is 24.3 Å². The first-order valence-corrected chi connectivity index (χ1v) is 5.29. The molecule has 4 nitrogen and oxygen atoms in total. The Kier molecular flexibility index (Phi) is 3.25. The third kappa shape index (κ3) is 1.55. The number of ether oxygens (including phenoxy) is 2. The summed E-state index contributed by atoms with van der Waals surface area (Å²) in [4.78, 5) is 5.33. The summed E-state index contributed by atoms with van der Waals surface area (Å²) >= 11 is 0. The molecule has 1 aromatic carbocycles. The number of hydrogen-bond acceptors (Lipinski definition) is 4. The van der Waals surface area contributed by atoms with Gasteiger partial charge >= 0.3 is 0 Å². The van der Waals surface area contributed by atoms with E-state index in [9.17, 15) is 0 Å². The van der Waals surface area contributed by atoms with Gasteiger partial charge in [-0.3, -0.25) is 4.84 Å². The first-order chi connectivity index (χ1) is 7.78. The van der Waals surface area contributed by atoms with Crippen molar-refractivity contribution in [3.05, 3.63) is 35.4 Å². The minimum absolute atomic E-state index is 0.745. The van der Waals surface area contributed by atoms with E-state index in [2.05, 4.69) is 6.07 Å². The molecule has 0 bridgehead atoms. The van der Waals surface area contributed by atoms with E-state index in [1.165, 1.54) is 5.56 Å². The SMILES string of the molecule is CON1CCc2ccccc2C1(OC)OC. The van der Waals surface area contributed by atoms with Crippen LogP contribution in [0.5, 0.6) is 0 Å². The lowest BCUT2D eigenvalue weighted by Crippen LogP contribution is -2.52. The molecule has 0 saturated carbocycles. The molecular formula is C12H17NO3. The van der Waals surface area contributed by atoms with Crippen molar-refractivity contribution in [2.24, 2.45) is 0 Å². The van der Waals surface area contributed by atoms with Gasteiger partial charge in [0.2, 0.25) is 0 Å². The van der Waals surface area contributed by atoms with Crippen LogP contribution in [0.3, 0.4) is 0 Å². The monoisotopic (exact) mass is 223 g/mol. The minimum atomic E-state index is -0.927. The molecule has 0 aromatic heterocycles. The average Bonchev–Trinajstić information content (AvgIpc) is 2.37. The Morgan fingerprint density at radius 3 is 2.44 bits per heavy atom. The molecule has 1 aromatic rings. The second-order valence-electron chi connectivity index (χ2n) is 3.68. The number of benzene rings is 1. The normalized spacial score (nSPS) is 19.4. The Labute approximate surface area is 95.7 Å². The lowest BCUT2D eigenvalue weighted by atomic mass is 9.97. The Morgan fingerprint density at radius 1 is 1.12 bits per heavy atom. The maximum Gasteiger partial charge on any atom is 0.280 e. The fraction of sp³-hybridized carbons (Fsp3) is 0.500. The molecule has 0 spiro atoms. The summed E-state index contributed by atoms with van der Waals surface area (Å²) in [6.07, 6.45) is 0.929. The van der Waals surface area contributed by atoms with Crippen LogP contribution in [-0.2, 0) is 26.6 Å². The molecule has 0 saturated heterocycles. The highest BCUT2D eigenvalue weighted by Crippen LogP contribution is 2.36. The third-order valence-electron chi connectivity index (χ3n) is 3.04. The van der Waals surface area contributed by atoms with E-state index in [-0.39, 0.29) is 0 Å². The van der Waals surface area contributed by atoms with E-state index in [1.54, 1.807) is 26.4 Å². The van der Waals surface area contributed by atoms with E-state index >= 15 is 0 Å². The van der Waals surface area contributed by atoms with Gasteiger partial charge in [0.1, 0.15) is 0 Å². The maximum absolute atomic E-state index is 5.54. The van der Waals surface area contributed by atoms with E-state index < -0.39 is 5.91 Å². The van der Waals surface area contributed by atoms with Crippen LogP contribution in [0, 0.1) is 0 Å². The summed E-state index contributed by atoms with van der Waals surface area (Å²) in [5, 5.41) is 1.72. The third-order valence-corrected chi connectivity index (χ3v) is 3.04. The molecule has 0 amide bonds. The largest absolute Gasteiger partial charge is 0.335 e. The Morgan fingerprint density at radius 2 is 1.81 bits per heavy atom. The van der Waals surface area contributed by atoms with E-state index in [0.29, 0.717) is 0 Å². The van der Waals surface area contributed by atoms with Gasteiger partial charge in [-0.15, -0.1) is 5.06 Å². The first-order valence-electron chi connectivity index (χ1n) is 5.29.